The number of H-pyrrole nitrogens is 1. The molecule has 4 nitrogen and oxygen atoms in total. The lowest BCUT2D eigenvalue weighted by Gasteiger charge is -2.09. The molecule has 0 fully saturated rings. The van der Waals surface area contributed by atoms with Crippen LogP contribution in [0.5, 0.6) is 0 Å². The monoisotopic (exact) mass is 432 g/mol. The second-order valence-corrected chi connectivity index (χ2v) is 6.68. The number of fused-ring (bicyclic) bond motifs is 1. The van der Waals surface area contributed by atoms with Crippen LogP contribution in [0.2, 0.25) is 0 Å². The van der Waals surface area contributed by atoms with Gasteiger partial charge in [0.1, 0.15) is 0 Å². The molecule has 1 atom stereocenters. The number of hydrogen-bond donors (Lipinski definition) is 1. The first kappa shape index (κ1) is 16.7. The van der Waals surface area contributed by atoms with E-state index in [1.54, 1.807) is 6.21 Å². The maximum Gasteiger partial charge on any atom is 0.330 e. The average Bonchev–Trinajstić information content (AvgIpc) is 3.01. The third kappa shape index (κ3) is 3.84. The second kappa shape index (κ2) is 7.61. The van der Waals surface area contributed by atoms with E-state index in [0.29, 0.717) is 6.42 Å². The molecule has 0 saturated carbocycles. The average molecular weight is 432 g/mol. The lowest BCUT2D eigenvalue weighted by Crippen LogP contribution is -2.23. The normalized spacial score (nSPS) is 12.6. The fourth-order valence-corrected chi connectivity index (χ4v) is 3.17. The first-order valence-electron chi connectivity index (χ1n) is 7.59. The van der Waals surface area contributed by atoms with Crippen molar-refractivity contribution in [1.82, 2.24) is 4.98 Å². The number of carbonyl (C=O) groups excluding carboxylic acids is 1. The van der Waals surface area contributed by atoms with Crippen LogP contribution in [-0.4, -0.2) is 30.3 Å². The highest BCUT2D eigenvalue weighted by molar-refractivity contribution is 14.1. The highest BCUT2D eigenvalue weighted by Gasteiger charge is 2.19. The van der Waals surface area contributed by atoms with Crippen molar-refractivity contribution in [2.24, 2.45) is 4.99 Å². The molecule has 3 rings (SSSR count). The van der Waals surface area contributed by atoms with Crippen LogP contribution < -0.4 is 0 Å². The molecule has 1 aromatic heterocycles. The van der Waals surface area contributed by atoms with Gasteiger partial charge in [-0.05, 0) is 51.9 Å². The van der Waals surface area contributed by atoms with Crippen LogP contribution in [0.15, 0.2) is 59.7 Å². The topological polar surface area (TPSA) is 54.5 Å². The van der Waals surface area contributed by atoms with E-state index in [1.807, 2.05) is 54.7 Å². The van der Waals surface area contributed by atoms with Crippen molar-refractivity contribution >= 4 is 45.7 Å². The smallest absolute Gasteiger partial charge is 0.330 e. The molecule has 0 amide bonds. The predicted octanol–water partition coefficient (Wildman–Crippen LogP) is 3.98. The number of halogens is 1. The third-order valence-electron chi connectivity index (χ3n) is 3.81. The predicted molar refractivity (Wildman–Crippen MR) is 105 cm³/mol. The van der Waals surface area contributed by atoms with Gasteiger partial charge in [0.2, 0.25) is 0 Å². The molecular weight excluding hydrogens is 415 g/mol. The van der Waals surface area contributed by atoms with Crippen molar-refractivity contribution in [1.29, 1.82) is 0 Å². The number of benzene rings is 2. The molecule has 24 heavy (non-hydrogen) atoms. The number of methoxy groups -OCH3 is 1. The van der Waals surface area contributed by atoms with E-state index >= 15 is 0 Å². The molecule has 0 radical (unpaired) electrons. The molecule has 122 valence electrons. The third-order valence-corrected chi connectivity index (χ3v) is 4.48. The Hall–Kier alpha value is -2.15. The fourth-order valence-electron chi connectivity index (χ4n) is 2.60. The Balaban J connectivity index is 1.85. The van der Waals surface area contributed by atoms with Crippen LogP contribution in [-0.2, 0) is 16.0 Å². The Kier molecular flexibility index (Phi) is 5.30. The number of aliphatic imine (C=N–C) groups is 1. The van der Waals surface area contributed by atoms with Crippen LogP contribution >= 0.6 is 22.6 Å². The zero-order valence-electron chi connectivity index (χ0n) is 13.2. The molecular formula is C19H17IN2O2. The van der Waals surface area contributed by atoms with Crippen LogP contribution in [0.25, 0.3) is 10.9 Å². The maximum atomic E-state index is 12.1. The molecule has 1 N–H and O–H groups in total. The summed E-state index contributed by atoms with van der Waals surface area (Å²) in [5.41, 5.74) is 3.08. The van der Waals surface area contributed by atoms with E-state index in [4.69, 9.17) is 4.74 Å². The minimum atomic E-state index is -0.563. The largest absolute Gasteiger partial charge is 0.467 e. The van der Waals surface area contributed by atoms with E-state index in [-0.39, 0.29) is 5.97 Å². The molecule has 5 heteroatoms. The molecule has 0 aliphatic carbocycles. The van der Waals surface area contributed by atoms with Crippen molar-refractivity contribution < 1.29 is 9.53 Å². The summed E-state index contributed by atoms with van der Waals surface area (Å²) in [7, 11) is 1.39. The van der Waals surface area contributed by atoms with Gasteiger partial charge in [-0.2, -0.15) is 0 Å². The molecule has 2 aromatic carbocycles. The first-order chi connectivity index (χ1) is 11.7. The summed E-state index contributed by atoms with van der Waals surface area (Å²) in [4.78, 5) is 19.8. The van der Waals surface area contributed by atoms with E-state index in [0.717, 1.165) is 25.6 Å². The number of nitrogens with one attached hydrogen (secondary N) is 1. The number of esters is 1. The quantitative estimate of drug-likeness (QED) is 0.377. The van der Waals surface area contributed by atoms with Gasteiger partial charge in [-0.25, -0.2) is 4.79 Å². The molecule has 0 spiro atoms. The lowest BCUT2D eigenvalue weighted by molar-refractivity contribution is -0.142. The lowest BCUT2D eigenvalue weighted by atomic mass is 10.1. The van der Waals surface area contributed by atoms with Crippen molar-refractivity contribution in [3.8, 4) is 0 Å². The first-order valence-corrected chi connectivity index (χ1v) is 8.67. The number of aromatic nitrogens is 1. The van der Waals surface area contributed by atoms with Gasteiger partial charge in [-0.3, -0.25) is 4.99 Å². The van der Waals surface area contributed by atoms with Gasteiger partial charge in [-0.1, -0.05) is 30.3 Å². The SMILES string of the molecule is COC(=O)C(Cc1c[nH]c2ccccc12)N=Cc1cccc(I)c1. The molecule has 0 aliphatic heterocycles. The van der Waals surface area contributed by atoms with E-state index in [2.05, 4.69) is 32.6 Å². The number of rotatable bonds is 5. The van der Waals surface area contributed by atoms with Gasteiger partial charge in [0.25, 0.3) is 0 Å². The fraction of sp³-hybridized carbons (Fsp3) is 0.158. The van der Waals surface area contributed by atoms with Gasteiger partial charge in [0, 0.05) is 33.3 Å². The van der Waals surface area contributed by atoms with Gasteiger partial charge >= 0.3 is 5.97 Å². The summed E-state index contributed by atoms with van der Waals surface area (Å²) in [5, 5.41) is 1.11. The zero-order chi connectivity index (χ0) is 16.9. The summed E-state index contributed by atoms with van der Waals surface area (Å²) in [6.07, 6.45) is 4.16. The van der Waals surface area contributed by atoms with Crippen LogP contribution in [0.3, 0.4) is 0 Å². The number of ether oxygens (including phenoxy) is 1. The Bertz CT molecular complexity index is 886. The molecule has 3 aromatic rings. The Labute approximate surface area is 154 Å². The van der Waals surface area contributed by atoms with Crippen LogP contribution in [0, 0.1) is 3.57 Å². The van der Waals surface area contributed by atoms with E-state index in [9.17, 15) is 4.79 Å². The van der Waals surface area contributed by atoms with Crippen LogP contribution in [0.4, 0.5) is 0 Å². The number of aromatic amines is 1. The van der Waals surface area contributed by atoms with E-state index in [1.165, 1.54) is 7.11 Å². The van der Waals surface area contributed by atoms with Crippen molar-refractivity contribution in [3.63, 3.8) is 0 Å². The van der Waals surface area contributed by atoms with Gasteiger partial charge in [-0.15, -0.1) is 0 Å². The molecule has 1 unspecified atom stereocenters. The minimum Gasteiger partial charge on any atom is -0.467 e. The summed E-state index contributed by atoms with van der Waals surface area (Å²) in [6.45, 7) is 0. The Morgan fingerprint density at radius 3 is 2.92 bits per heavy atom. The summed E-state index contributed by atoms with van der Waals surface area (Å²) in [5.74, 6) is -0.331. The van der Waals surface area contributed by atoms with Gasteiger partial charge < -0.3 is 9.72 Å². The maximum absolute atomic E-state index is 12.1. The van der Waals surface area contributed by atoms with E-state index < -0.39 is 6.04 Å². The summed E-state index contributed by atoms with van der Waals surface area (Å²) >= 11 is 2.25. The van der Waals surface area contributed by atoms with Gasteiger partial charge in [0.15, 0.2) is 6.04 Å². The Morgan fingerprint density at radius 1 is 1.29 bits per heavy atom. The second-order valence-electron chi connectivity index (χ2n) is 5.44. The molecule has 0 bridgehead atoms. The molecule has 0 saturated heterocycles. The number of nitrogens with zero attached hydrogens (tertiary/aromatic N) is 1. The number of para-hydroxylation sites is 1. The molecule has 0 aliphatic rings. The standard InChI is InChI=1S/C19H17IN2O2/c1-24-19(23)18(21-11-13-5-4-6-15(20)9-13)10-14-12-22-17-8-3-2-7-16(14)17/h2-9,11-12,18,22H,10H2,1H3. The minimum absolute atomic E-state index is 0.331. The number of hydrogen-bond acceptors (Lipinski definition) is 3. The van der Waals surface area contributed by atoms with Crippen molar-refractivity contribution in [3.05, 3.63) is 69.4 Å². The summed E-state index contributed by atoms with van der Waals surface area (Å²) < 4.78 is 6.05. The Morgan fingerprint density at radius 2 is 2.12 bits per heavy atom. The van der Waals surface area contributed by atoms with Crippen LogP contribution in [0.1, 0.15) is 11.1 Å². The van der Waals surface area contributed by atoms with Crippen molar-refractivity contribution in [2.75, 3.05) is 7.11 Å². The number of carbonyl (C=O) groups is 1. The highest BCUT2D eigenvalue weighted by Crippen LogP contribution is 2.20. The summed E-state index contributed by atoms with van der Waals surface area (Å²) in [6, 6.07) is 15.4. The highest BCUT2D eigenvalue weighted by atomic mass is 127. The van der Waals surface area contributed by atoms with Gasteiger partial charge in [0.05, 0.1) is 7.11 Å². The van der Waals surface area contributed by atoms with Crippen molar-refractivity contribution in [2.45, 2.75) is 12.5 Å². The molecule has 1 heterocycles. The zero-order valence-corrected chi connectivity index (χ0v) is 15.4.